The maximum Gasteiger partial charge on any atom is 1.00 e. The van der Waals surface area contributed by atoms with Crippen molar-refractivity contribution in [3.05, 3.63) is 0 Å². The van der Waals surface area contributed by atoms with Crippen LogP contribution in [0.1, 0.15) is 32.1 Å². The molecule has 8 atom stereocenters. The van der Waals surface area contributed by atoms with Gasteiger partial charge in [-0.05, 0) is 12.8 Å². The molecule has 18 heteroatoms. The normalized spacial score (nSPS) is 17.3. The van der Waals surface area contributed by atoms with Crippen molar-refractivity contribution in [3.8, 4) is 0 Å². The van der Waals surface area contributed by atoms with Crippen molar-refractivity contribution in [1.29, 1.82) is 0 Å². The van der Waals surface area contributed by atoms with Crippen molar-refractivity contribution in [1.82, 2.24) is 9.80 Å². The molecule has 12 nitrogen and oxygen atoms in total. The summed E-state index contributed by atoms with van der Waals surface area (Å²) in [6.07, 6.45) is -9.25. The van der Waals surface area contributed by atoms with Gasteiger partial charge in [0.15, 0.2) is 0 Å². The van der Waals surface area contributed by atoms with Crippen LogP contribution in [0, 0.1) is 0 Å². The Hall–Kier alpha value is 1.82. The second-order valence-electron chi connectivity index (χ2n) is 8.79. The Kier molecular flexibility index (Phi) is 29.2. The molecule has 0 saturated heterocycles. The zero-order chi connectivity index (χ0) is 28.7. The molecule has 0 amide bonds. The zero-order valence-corrected chi connectivity index (χ0v) is 29.7. The van der Waals surface area contributed by atoms with Crippen LogP contribution in [0.4, 0.5) is 0 Å². The fraction of sp³-hybridized carbons (Fsp3) is 0.905. The molecule has 0 aromatic heterocycles. The van der Waals surface area contributed by atoms with Gasteiger partial charge >= 0.3 is 59.1 Å². The van der Waals surface area contributed by atoms with Gasteiger partial charge in [0.1, 0.15) is 36.6 Å². The third-order valence-electron chi connectivity index (χ3n) is 5.84. The summed E-state index contributed by atoms with van der Waals surface area (Å²) in [6.45, 7) is -1.04. The van der Waals surface area contributed by atoms with Crippen molar-refractivity contribution in [2.24, 2.45) is 0 Å². The molecule has 8 unspecified atom stereocenters. The van der Waals surface area contributed by atoms with E-state index in [1.54, 1.807) is 0 Å². The first-order valence-electron chi connectivity index (χ1n) is 11.9. The van der Waals surface area contributed by atoms with Crippen LogP contribution in [0.2, 0.25) is 0 Å². The van der Waals surface area contributed by atoms with Crippen molar-refractivity contribution in [2.75, 3.05) is 39.4 Å². The fourth-order valence-corrected chi connectivity index (χ4v) is 4.11. The smallest absolute Gasteiger partial charge is 0.411 e. The van der Waals surface area contributed by atoms with E-state index >= 15 is 0 Å². The molecule has 220 valence electrons. The molecule has 0 rings (SSSR count). The van der Waals surface area contributed by atoms with E-state index in [9.17, 15) is 40.9 Å². The van der Waals surface area contributed by atoms with Gasteiger partial charge < -0.3 is 111 Å². The molecule has 0 spiro atoms. The van der Waals surface area contributed by atoms with E-state index in [1.807, 2.05) is 0 Å². The van der Waals surface area contributed by atoms with Gasteiger partial charge in [-0.3, -0.25) is 0 Å². The van der Waals surface area contributed by atoms with Gasteiger partial charge in [-0.25, -0.2) is 0 Å². The van der Waals surface area contributed by atoms with Gasteiger partial charge in [0.25, 0.3) is 0 Å². The molecule has 0 fully saturated rings. The van der Waals surface area contributed by atoms with Crippen LogP contribution in [0.25, 0.3) is 0 Å². The van der Waals surface area contributed by atoms with Gasteiger partial charge in [-0.2, -0.15) is 0 Å². The first kappa shape index (κ1) is 45.3. The van der Waals surface area contributed by atoms with Crippen molar-refractivity contribution in [3.63, 3.8) is 0 Å². The number of aliphatic hydroxyl groups excluding tert-OH is 10. The minimum atomic E-state index is -1.73. The monoisotopic (exact) mass is 654 g/mol. The van der Waals surface area contributed by atoms with Gasteiger partial charge in [0, 0.05) is 26.2 Å². The molecule has 0 aromatic rings. The minimum absolute atomic E-state index is 0. The molecule has 0 aromatic carbocycles. The summed E-state index contributed by atoms with van der Waals surface area (Å²) >= 11 is 20.1. The molecule has 0 bridgehead atoms. The molecule has 0 saturated carbocycles. The Bertz CT molecular complexity index is 616. The van der Waals surface area contributed by atoms with Crippen LogP contribution in [0.15, 0.2) is 0 Å². The van der Waals surface area contributed by atoms with Gasteiger partial charge in [-0.1, -0.05) is 27.9 Å². The summed E-state index contributed by atoms with van der Waals surface area (Å²) in [5, 5.41) is 96.2. The average molecular weight is 655 g/mol. The van der Waals surface area contributed by atoms with E-state index in [2.05, 4.69) is 0 Å². The number of aliphatic hydroxyl groups is 10. The Morgan fingerprint density at radius 1 is 0.513 bits per heavy atom. The van der Waals surface area contributed by atoms with Crippen LogP contribution < -0.4 is 59.1 Å². The maximum absolute atomic E-state index is 10.1. The number of rotatable bonds is 20. The summed E-state index contributed by atoms with van der Waals surface area (Å²) in [4.78, 5) is 3.01. The summed E-state index contributed by atoms with van der Waals surface area (Å²) in [7, 11) is 0. The van der Waals surface area contributed by atoms with E-state index in [0.29, 0.717) is 25.9 Å². The van der Waals surface area contributed by atoms with Crippen LogP contribution in [0.5, 0.6) is 0 Å². The summed E-state index contributed by atoms with van der Waals surface area (Å²) in [5.74, 6) is 0. The molecule has 0 radical (unpaired) electrons. The first-order valence-corrected chi connectivity index (χ1v) is 13.5. The summed E-state index contributed by atoms with van der Waals surface area (Å²) in [5.41, 5.74) is 0. The predicted molar refractivity (Wildman–Crippen MR) is 148 cm³/mol. The van der Waals surface area contributed by atoms with Crippen LogP contribution in [-0.4, -0.2) is 158 Å². The molecule has 0 heterocycles. The van der Waals surface area contributed by atoms with E-state index < -0.39 is 62.0 Å². The minimum Gasteiger partial charge on any atom is -0.411 e. The largest absolute Gasteiger partial charge is 1.00 e. The number of nitrogens with zero attached hydrogens (tertiary/aromatic N) is 2. The Morgan fingerprint density at radius 2 is 0.769 bits per heavy atom. The Balaban J connectivity index is -0.00000648. The molecule has 0 aliphatic rings. The Labute approximate surface area is 295 Å². The van der Waals surface area contributed by atoms with E-state index in [0.717, 1.165) is 19.3 Å². The number of hydrogen-bond acceptors (Lipinski definition) is 14. The van der Waals surface area contributed by atoms with Crippen LogP contribution in [-0.2, 0) is 25.3 Å². The SMILES string of the molecule is OCC(O)C(O)C(O)C(O)CN(CCCCCCCN(CC(O)C(O)C(O)C(O)CO)C(=S)[S-])C(=S)[S-].[Na+].[Na+]. The maximum atomic E-state index is 10.1. The molecular weight excluding hydrogens is 614 g/mol. The molecule has 0 aliphatic heterocycles. The molecule has 0 aliphatic carbocycles. The summed E-state index contributed by atoms with van der Waals surface area (Å²) < 4.78 is 0.158. The van der Waals surface area contributed by atoms with Crippen LogP contribution >= 0.6 is 24.4 Å². The number of unbranched alkanes of at least 4 members (excludes halogenated alkanes) is 4. The predicted octanol–water partition coefficient (Wildman–Crippen LogP) is -9.92. The van der Waals surface area contributed by atoms with E-state index in [-0.39, 0.29) is 80.8 Å². The third kappa shape index (κ3) is 18.3. The van der Waals surface area contributed by atoms with E-state index in [1.165, 1.54) is 9.80 Å². The summed E-state index contributed by atoms with van der Waals surface area (Å²) in [6, 6.07) is 0. The van der Waals surface area contributed by atoms with E-state index in [4.69, 9.17) is 59.9 Å². The quantitative estimate of drug-likeness (QED) is 0.0256. The second kappa shape index (κ2) is 25.2. The number of thiocarbonyl (C=S) groups is 2. The topological polar surface area (TPSA) is 209 Å². The average Bonchev–Trinajstić information content (AvgIpc) is 2.87. The van der Waals surface area contributed by atoms with Crippen LogP contribution in [0.3, 0.4) is 0 Å². The Morgan fingerprint density at radius 3 is 1.03 bits per heavy atom. The zero-order valence-electron chi connectivity index (χ0n) is 22.4. The third-order valence-corrected chi connectivity index (χ3v) is 6.87. The van der Waals surface area contributed by atoms with Gasteiger partial charge in [0.2, 0.25) is 0 Å². The standard InChI is InChI=1S/C21H42N2O10S4.2Na/c24-10-14(28)18(32)16(30)12(26)8-22(20(34)35)6-4-2-1-3-5-7-23(21(36)37)9-13(27)17(31)19(33)15(29)11-25;;/h12-19,24-33H,1-11H2,(H,34,35)(H,36,37);;/q;2*+1/p-2. The molecular formula is C21H40N2Na2O10S4. The van der Waals surface area contributed by atoms with Gasteiger partial charge in [-0.15, -0.1) is 0 Å². The van der Waals surface area contributed by atoms with Gasteiger partial charge in [0.05, 0.1) is 25.4 Å². The first-order chi connectivity index (χ1) is 17.3. The molecule has 39 heavy (non-hydrogen) atoms. The van der Waals surface area contributed by atoms with Crippen molar-refractivity contribution < 1.29 is 110 Å². The second-order valence-corrected chi connectivity index (χ2v) is 10.9. The molecule has 10 N–H and O–H groups in total. The van der Waals surface area contributed by atoms with Crippen molar-refractivity contribution in [2.45, 2.75) is 80.9 Å². The number of hydrogen-bond donors (Lipinski definition) is 10. The van der Waals surface area contributed by atoms with Crippen molar-refractivity contribution >= 4 is 58.3 Å². The fourth-order valence-electron chi connectivity index (χ4n) is 3.44.